The van der Waals surface area contributed by atoms with Crippen LogP contribution in [0.5, 0.6) is 5.88 Å². The second-order valence-electron chi connectivity index (χ2n) is 8.19. The Morgan fingerprint density at radius 1 is 1.39 bits per heavy atom. The van der Waals surface area contributed by atoms with Crippen molar-refractivity contribution >= 4 is 11.8 Å². The van der Waals surface area contributed by atoms with Gasteiger partial charge < -0.3 is 20.1 Å². The van der Waals surface area contributed by atoms with Crippen molar-refractivity contribution in [3.8, 4) is 5.88 Å². The molecule has 8 nitrogen and oxygen atoms in total. The second-order valence-corrected chi connectivity index (χ2v) is 8.19. The average molecular weight is 425 g/mol. The Kier molecular flexibility index (Phi) is 6.18. The fraction of sp³-hybridized carbons (Fsp3) is 0.478. The molecule has 3 heterocycles. The number of pyridine rings is 2. The number of aryl methyl sites for hydroxylation is 1. The molecule has 0 radical (unpaired) electrons. The number of rotatable bonds is 8. The van der Waals surface area contributed by atoms with Crippen LogP contribution < -0.4 is 10.1 Å². The minimum Gasteiger partial charge on any atom is -0.474 e. The van der Waals surface area contributed by atoms with Crippen molar-refractivity contribution in [2.24, 2.45) is 0 Å². The molecule has 0 bridgehead atoms. The summed E-state index contributed by atoms with van der Waals surface area (Å²) in [5.41, 5.74) is 3.27. The molecule has 31 heavy (non-hydrogen) atoms. The molecule has 2 aliphatic rings. The minimum atomic E-state index is -0.331. The third kappa shape index (κ3) is 4.25. The summed E-state index contributed by atoms with van der Waals surface area (Å²) in [6.07, 6.45) is 7.33. The number of hydrogen-bond acceptors (Lipinski definition) is 6. The summed E-state index contributed by atoms with van der Waals surface area (Å²) in [7, 11) is 0. The Morgan fingerprint density at radius 2 is 2.19 bits per heavy atom. The smallest absolute Gasteiger partial charge is 0.270 e. The van der Waals surface area contributed by atoms with E-state index in [1.165, 1.54) is 12.6 Å². The normalized spacial score (nSPS) is 16.6. The molecule has 0 aromatic carbocycles. The quantitative estimate of drug-likeness (QED) is 0.631. The number of amides is 2. The van der Waals surface area contributed by atoms with Crippen molar-refractivity contribution in [2.45, 2.75) is 58.2 Å². The molecule has 8 heteroatoms. The Hall–Kier alpha value is -3.00. The van der Waals surface area contributed by atoms with Gasteiger partial charge in [0.2, 0.25) is 5.88 Å². The van der Waals surface area contributed by atoms with E-state index in [4.69, 9.17) is 9.84 Å². The highest BCUT2D eigenvalue weighted by molar-refractivity contribution is 6.03. The minimum absolute atomic E-state index is 0.00230. The maximum Gasteiger partial charge on any atom is 0.270 e. The third-order valence-corrected chi connectivity index (χ3v) is 6.04. The molecular formula is C23H28N4O4. The highest BCUT2D eigenvalue weighted by atomic mass is 16.5. The van der Waals surface area contributed by atoms with Crippen molar-refractivity contribution < 1.29 is 19.4 Å². The van der Waals surface area contributed by atoms with Crippen molar-refractivity contribution in [1.82, 2.24) is 20.2 Å². The van der Waals surface area contributed by atoms with Gasteiger partial charge in [-0.3, -0.25) is 14.6 Å². The van der Waals surface area contributed by atoms with Gasteiger partial charge in [0.1, 0.15) is 11.8 Å². The van der Waals surface area contributed by atoms with E-state index in [1.54, 1.807) is 17.2 Å². The van der Waals surface area contributed by atoms with Gasteiger partial charge in [0.25, 0.3) is 11.8 Å². The Morgan fingerprint density at radius 3 is 2.87 bits per heavy atom. The predicted octanol–water partition coefficient (Wildman–Crippen LogP) is 2.55. The first-order chi connectivity index (χ1) is 15.0. The van der Waals surface area contributed by atoms with Crippen LogP contribution in [0.4, 0.5) is 0 Å². The lowest BCUT2D eigenvalue weighted by Crippen LogP contribution is -2.28. The summed E-state index contributed by atoms with van der Waals surface area (Å²) in [4.78, 5) is 36.0. The molecule has 0 saturated heterocycles. The molecule has 2 aromatic rings. The summed E-state index contributed by atoms with van der Waals surface area (Å²) in [6.45, 7) is 4.60. The van der Waals surface area contributed by atoms with Gasteiger partial charge >= 0.3 is 0 Å². The Balaban J connectivity index is 1.51. The van der Waals surface area contributed by atoms with Gasteiger partial charge in [0, 0.05) is 48.8 Å². The Bertz CT molecular complexity index is 990. The number of nitrogens with zero attached hydrogens (tertiary/aromatic N) is 3. The number of nitrogens with one attached hydrogen (secondary N) is 1. The Labute approximate surface area is 181 Å². The lowest BCUT2D eigenvalue weighted by molar-refractivity contribution is 0.0714. The topological polar surface area (TPSA) is 105 Å². The average Bonchev–Trinajstić information content (AvgIpc) is 3.07. The molecule has 164 valence electrons. The summed E-state index contributed by atoms with van der Waals surface area (Å²) in [5, 5.41) is 11.7. The zero-order valence-electron chi connectivity index (χ0n) is 17.9. The summed E-state index contributed by atoms with van der Waals surface area (Å²) < 4.78 is 5.94. The van der Waals surface area contributed by atoms with Crippen LogP contribution in [0.15, 0.2) is 24.5 Å². The first kappa shape index (κ1) is 21.2. The maximum absolute atomic E-state index is 13.1. The molecular weight excluding hydrogens is 396 g/mol. The number of aliphatic hydroxyl groups excluding tert-OH is 1. The summed E-state index contributed by atoms with van der Waals surface area (Å²) in [6, 6.07) is 3.46. The number of aliphatic hydroxyl groups is 1. The molecule has 2 amide bonds. The molecule has 1 aliphatic heterocycles. The molecule has 2 N–H and O–H groups in total. The predicted molar refractivity (Wildman–Crippen MR) is 114 cm³/mol. The van der Waals surface area contributed by atoms with Crippen molar-refractivity contribution in [1.29, 1.82) is 0 Å². The van der Waals surface area contributed by atoms with Crippen molar-refractivity contribution in [2.75, 3.05) is 13.2 Å². The second kappa shape index (κ2) is 9.01. The highest BCUT2D eigenvalue weighted by Crippen LogP contribution is 2.34. The number of hydrogen-bond donors (Lipinski definition) is 2. The number of carbonyl (C=O) groups is 2. The van der Waals surface area contributed by atoms with Gasteiger partial charge in [-0.1, -0.05) is 0 Å². The number of carbonyl (C=O) groups excluding carboxylic acids is 2. The van der Waals surface area contributed by atoms with E-state index in [1.807, 2.05) is 19.9 Å². The van der Waals surface area contributed by atoms with E-state index in [0.717, 1.165) is 24.0 Å². The van der Waals surface area contributed by atoms with E-state index in [-0.39, 0.29) is 36.3 Å². The van der Waals surface area contributed by atoms with Gasteiger partial charge in [0.15, 0.2) is 0 Å². The summed E-state index contributed by atoms with van der Waals surface area (Å²) >= 11 is 0. The van der Waals surface area contributed by atoms with Crippen molar-refractivity contribution in [3.05, 3.63) is 52.5 Å². The zero-order chi connectivity index (χ0) is 22.0. The molecule has 1 saturated carbocycles. The number of ether oxygens (including phenoxy) is 1. The molecule has 1 aliphatic carbocycles. The molecule has 1 fully saturated rings. The van der Waals surface area contributed by atoms with Crippen LogP contribution in [0.1, 0.15) is 76.2 Å². The first-order valence-electron chi connectivity index (χ1n) is 10.8. The van der Waals surface area contributed by atoms with Crippen LogP contribution in [-0.4, -0.2) is 51.0 Å². The van der Waals surface area contributed by atoms with Crippen LogP contribution in [0.2, 0.25) is 0 Å². The van der Waals surface area contributed by atoms with Crippen LogP contribution in [0.3, 0.4) is 0 Å². The number of aromatic nitrogens is 2. The molecule has 1 atom stereocenters. The van der Waals surface area contributed by atoms with E-state index in [2.05, 4.69) is 15.3 Å². The monoisotopic (exact) mass is 424 g/mol. The van der Waals surface area contributed by atoms with Crippen LogP contribution in [0, 0.1) is 6.92 Å². The standard InChI is InChI=1S/C23H28N4O4/c1-14-11-16(12-26-22(14)31-17-5-3-6-17)15(2)27-13-19-18(23(27)30)7-9-24-20(19)21(29)25-8-4-10-28/h7,9,11-12,15,17,28H,3-6,8,10,13H2,1-2H3,(H,25,29). The van der Waals surface area contributed by atoms with Gasteiger partial charge in [-0.05, 0) is 57.2 Å². The lowest BCUT2D eigenvalue weighted by atomic mass is 9.96. The maximum atomic E-state index is 13.1. The van der Waals surface area contributed by atoms with E-state index in [9.17, 15) is 9.59 Å². The van der Waals surface area contributed by atoms with Crippen LogP contribution in [0.25, 0.3) is 0 Å². The number of fused-ring (bicyclic) bond motifs is 1. The fourth-order valence-corrected chi connectivity index (χ4v) is 3.89. The van der Waals surface area contributed by atoms with E-state index >= 15 is 0 Å². The first-order valence-corrected chi connectivity index (χ1v) is 10.8. The third-order valence-electron chi connectivity index (χ3n) is 6.04. The lowest BCUT2D eigenvalue weighted by Gasteiger charge is -2.28. The van der Waals surface area contributed by atoms with E-state index in [0.29, 0.717) is 36.5 Å². The highest BCUT2D eigenvalue weighted by Gasteiger charge is 2.35. The SMILES string of the molecule is Cc1cc(C(C)N2Cc3c(ccnc3C(=O)NCCCO)C2=O)cnc1OC1CCC1. The van der Waals surface area contributed by atoms with Crippen LogP contribution >= 0.6 is 0 Å². The van der Waals surface area contributed by atoms with Crippen LogP contribution in [-0.2, 0) is 6.54 Å². The largest absolute Gasteiger partial charge is 0.474 e. The molecule has 0 spiro atoms. The van der Waals surface area contributed by atoms with Gasteiger partial charge in [-0.15, -0.1) is 0 Å². The molecule has 2 aromatic heterocycles. The molecule has 4 rings (SSSR count). The van der Waals surface area contributed by atoms with Gasteiger partial charge in [-0.25, -0.2) is 4.98 Å². The van der Waals surface area contributed by atoms with Gasteiger partial charge in [-0.2, -0.15) is 0 Å². The van der Waals surface area contributed by atoms with E-state index < -0.39 is 0 Å². The molecule has 1 unspecified atom stereocenters. The fourth-order valence-electron chi connectivity index (χ4n) is 3.89. The van der Waals surface area contributed by atoms with Gasteiger partial charge in [0.05, 0.1) is 6.04 Å². The summed E-state index contributed by atoms with van der Waals surface area (Å²) in [5.74, 6) is 0.201. The zero-order valence-corrected chi connectivity index (χ0v) is 17.9. The van der Waals surface area contributed by atoms with Crippen molar-refractivity contribution in [3.63, 3.8) is 0 Å².